The second kappa shape index (κ2) is 10.4. The Balaban J connectivity index is 1.57. The Kier molecular flexibility index (Phi) is 7.43. The van der Waals surface area contributed by atoms with Gasteiger partial charge in [0.2, 0.25) is 5.91 Å². The molecule has 0 aliphatic heterocycles. The summed E-state index contributed by atoms with van der Waals surface area (Å²) in [5.41, 5.74) is 1.98. The SMILES string of the molecule is CCOC(=O)Oc1ccc(C(=O)NCc2ccccc2NC(=O)C2CCCC2)cc1. The third kappa shape index (κ3) is 5.83. The molecule has 7 nitrogen and oxygen atoms in total. The molecule has 1 saturated carbocycles. The van der Waals surface area contributed by atoms with E-state index in [0.717, 1.165) is 31.2 Å². The van der Waals surface area contributed by atoms with Gasteiger partial charge in [-0.15, -0.1) is 0 Å². The highest BCUT2D eigenvalue weighted by atomic mass is 16.7. The summed E-state index contributed by atoms with van der Waals surface area (Å²) < 4.78 is 9.69. The first-order valence-corrected chi connectivity index (χ1v) is 10.2. The monoisotopic (exact) mass is 410 g/mol. The Morgan fingerprint density at radius 1 is 1.00 bits per heavy atom. The minimum absolute atomic E-state index is 0.0449. The summed E-state index contributed by atoms with van der Waals surface area (Å²) >= 11 is 0. The van der Waals surface area contributed by atoms with Crippen LogP contribution in [0.4, 0.5) is 10.5 Å². The number of nitrogens with one attached hydrogen (secondary N) is 2. The maximum Gasteiger partial charge on any atom is 0.513 e. The molecule has 1 aliphatic rings. The van der Waals surface area contributed by atoms with Crippen LogP contribution in [0.2, 0.25) is 0 Å². The summed E-state index contributed by atoms with van der Waals surface area (Å²) in [6.45, 7) is 2.19. The van der Waals surface area contributed by atoms with Crippen LogP contribution in [0, 0.1) is 5.92 Å². The van der Waals surface area contributed by atoms with Gasteiger partial charge < -0.3 is 20.1 Å². The molecule has 2 aromatic rings. The first-order chi connectivity index (χ1) is 14.6. The number of ether oxygens (including phenoxy) is 2. The average molecular weight is 410 g/mol. The standard InChI is InChI=1S/C23H26N2O5/c1-2-29-23(28)30-19-13-11-17(12-14-19)21(26)24-15-18-9-5-6-10-20(18)25-22(27)16-7-3-4-8-16/h5-6,9-14,16H,2-4,7-8,15H2,1H3,(H,24,26)(H,25,27). The number of benzene rings is 2. The van der Waals surface area contributed by atoms with Gasteiger partial charge in [0, 0.05) is 23.7 Å². The lowest BCUT2D eigenvalue weighted by Crippen LogP contribution is -2.25. The van der Waals surface area contributed by atoms with Crippen molar-refractivity contribution in [2.75, 3.05) is 11.9 Å². The molecule has 1 aliphatic carbocycles. The molecule has 2 amide bonds. The van der Waals surface area contributed by atoms with Gasteiger partial charge in [0.25, 0.3) is 5.91 Å². The van der Waals surface area contributed by atoms with E-state index in [9.17, 15) is 14.4 Å². The molecule has 158 valence electrons. The molecule has 0 atom stereocenters. The van der Waals surface area contributed by atoms with Crippen LogP contribution >= 0.6 is 0 Å². The molecule has 0 radical (unpaired) electrons. The Morgan fingerprint density at radius 2 is 1.70 bits per heavy atom. The summed E-state index contributed by atoms with van der Waals surface area (Å²) in [5, 5.41) is 5.86. The summed E-state index contributed by atoms with van der Waals surface area (Å²) in [4.78, 5) is 36.2. The molecular weight excluding hydrogens is 384 g/mol. The van der Waals surface area contributed by atoms with E-state index >= 15 is 0 Å². The van der Waals surface area contributed by atoms with E-state index in [1.807, 2.05) is 24.3 Å². The molecule has 0 heterocycles. The highest BCUT2D eigenvalue weighted by Crippen LogP contribution is 2.26. The van der Waals surface area contributed by atoms with Crippen LogP contribution in [0.3, 0.4) is 0 Å². The topological polar surface area (TPSA) is 93.7 Å². The number of hydrogen-bond donors (Lipinski definition) is 2. The Labute approximate surface area is 175 Å². The van der Waals surface area contributed by atoms with Crippen LogP contribution in [-0.2, 0) is 16.1 Å². The number of anilines is 1. The summed E-state index contributed by atoms with van der Waals surface area (Å²) in [6, 6.07) is 13.6. The van der Waals surface area contributed by atoms with Gasteiger partial charge in [-0.25, -0.2) is 4.79 Å². The molecule has 0 unspecified atom stereocenters. The molecule has 0 spiro atoms. The zero-order chi connectivity index (χ0) is 21.3. The largest absolute Gasteiger partial charge is 0.513 e. The number of carbonyl (C=O) groups is 3. The highest BCUT2D eigenvalue weighted by Gasteiger charge is 2.23. The van der Waals surface area contributed by atoms with Crippen molar-refractivity contribution >= 4 is 23.7 Å². The van der Waals surface area contributed by atoms with E-state index in [1.165, 1.54) is 12.1 Å². The van der Waals surface area contributed by atoms with Crippen molar-refractivity contribution in [3.8, 4) is 5.75 Å². The Morgan fingerprint density at radius 3 is 2.40 bits per heavy atom. The predicted molar refractivity (Wildman–Crippen MR) is 112 cm³/mol. The van der Waals surface area contributed by atoms with E-state index in [2.05, 4.69) is 10.6 Å². The third-order valence-electron chi connectivity index (χ3n) is 5.02. The van der Waals surface area contributed by atoms with Gasteiger partial charge in [-0.1, -0.05) is 31.0 Å². The Hall–Kier alpha value is -3.35. The fourth-order valence-corrected chi connectivity index (χ4v) is 3.41. The van der Waals surface area contributed by atoms with Gasteiger partial charge in [0.1, 0.15) is 5.75 Å². The molecule has 1 fully saturated rings. The number of amides is 2. The van der Waals surface area contributed by atoms with Crippen LogP contribution in [0.15, 0.2) is 48.5 Å². The van der Waals surface area contributed by atoms with Crippen LogP contribution in [0.5, 0.6) is 5.75 Å². The normalized spacial score (nSPS) is 13.5. The van der Waals surface area contributed by atoms with Crippen molar-refractivity contribution in [3.63, 3.8) is 0 Å². The van der Waals surface area contributed by atoms with Crippen molar-refractivity contribution in [1.29, 1.82) is 0 Å². The first kappa shape index (κ1) is 21.4. The average Bonchev–Trinajstić information content (AvgIpc) is 3.29. The van der Waals surface area contributed by atoms with E-state index < -0.39 is 6.16 Å². The molecule has 2 aromatic carbocycles. The minimum Gasteiger partial charge on any atom is -0.434 e. The highest BCUT2D eigenvalue weighted by molar-refractivity contribution is 5.95. The second-order valence-corrected chi connectivity index (χ2v) is 7.12. The number of carbonyl (C=O) groups excluding carboxylic acids is 3. The molecule has 0 saturated heterocycles. The van der Waals surface area contributed by atoms with E-state index in [4.69, 9.17) is 9.47 Å². The van der Waals surface area contributed by atoms with Crippen molar-refractivity contribution in [2.24, 2.45) is 5.92 Å². The second-order valence-electron chi connectivity index (χ2n) is 7.12. The van der Waals surface area contributed by atoms with Gasteiger partial charge >= 0.3 is 6.16 Å². The fraction of sp³-hybridized carbons (Fsp3) is 0.348. The minimum atomic E-state index is -0.786. The van der Waals surface area contributed by atoms with Crippen LogP contribution in [-0.4, -0.2) is 24.6 Å². The van der Waals surface area contributed by atoms with Crippen molar-refractivity contribution < 1.29 is 23.9 Å². The zero-order valence-electron chi connectivity index (χ0n) is 17.0. The summed E-state index contributed by atoms with van der Waals surface area (Å²) in [7, 11) is 0. The molecule has 30 heavy (non-hydrogen) atoms. The summed E-state index contributed by atoms with van der Waals surface area (Å²) in [6.07, 6.45) is 3.27. The molecular formula is C23H26N2O5. The fourth-order valence-electron chi connectivity index (χ4n) is 3.41. The zero-order valence-corrected chi connectivity index (χ0v) is 17.0. The van der Waals surface area contributed by atoms with Crippen molar-refractivity contribution in [3.05, 3.63) is 59.7 Å². The summed E-state index contributed by atoms with van der Waals surface area (Å²) in [5.74, 6) is 0.144. The van der Waals surface area contributed by atoms with Crippen molar-refractivity contribution in [2.45, 2.75) is 39.2 Å². The molecule has 2 N–H and O–H groups in total. The predicted octanol–water partition coefficient (Wildman–Crippen LogP) is 4.28. The maximum atomic E-state index is 12.5. The van der Waals surface area contributed by atoms with Crippen molar-refractivity contribution in [1.82, 2.24) is 5.32 Å². The van der Waals surface area contributed by atoms with Gasteiger partial charge in [-0.2, -0.15) is 0 Å². The van der Waals surface area contributed by atoms with Crippen LogP contribution in [0.1, 0.15) is 48.5 Å². The Bertz CT molecular complexity index is 889. The first-order valence-electron chi connectivity index (χ1n) is 10.2. The van der Waals surface area contributed by atoms with E-state index in [1.54, 1.807) is 19.1 Å². The molecule has 0 bridgehead atoms. The molecule has 3 rings (SSSR count). The third-order valence-corrected chi connectivity index (χ3v) is 5.02. The number of rotatable bonds is 7. The van der Waals surface area contributed by atoms with Crippen LogP contribution < -0.4 is 15.4 Å². The van der Waals surface area contributed by atoms with Crippen LogP contribution in [0.25, 0.3) is 0 Å². The quantitative estimate of drug-likeness (QED) is 0.525. The molecule has 0 aromatic heterocycles. The maximum absolute atomic E-state index is 12.5. The molecule has 7 heteroatoms. The van der Waals surface area contributed by atoms with Gasteiger partial charge in [-0.05, 0) is 55.7 Å². The van der Waals surface area contributed by atoms with Gasteiger partial charge in [-0.3, -0.25) is 9.59 Å². The lowest BCUT2D eigenvalue weighted by Gasteiger charge is -2.14. The van der Waals surface area contributed by atoms with E-state index in [-0.39, 0.29) is 30.9 Å². The lowest BCUT2D eigenvalue weighted by molar-refractivity contribution is -0.119. The van der Waals surface area contributed by atoms with Gasteiger partial charge in [0.05, 0.1) is 6.61 Å². The smallest absolute Gasteiger partial charge is 0.434 e. The van der Waals surface area contributed by atoms with Gasteiger partial charge in [0.15, 0.2) is 0 Å². The number of hydrogen-bond acceptors (Lipinski definition) is 5. The van der Waals surface area contributed by atoms with E-state index in [0.29, 0.717) is 17.0 Å². The lowest BCUT2D eigenvalue weighted by atomic mass is 10.1. The number of para-hydroxylation sites is 1.